The van der Waals surface area contributed by atoms with E-state index in [0.29, 0.717) is 19.8 Å². The minimum atomic E-state index is -0.0617. The third-order valence-electron chi connectivity index (χ3n) is 0.948. The van der Waals surface area contributed by atoms with E-state index in [1.54, 1.807) is 0 Å². The molecule has 0 unspecified atom stereocenters. The zero-order valence-corrected chi connectivity index (χ0v) is 6.47. The fourth-order valence-corrected chi connectivity index (χ4v) is 0.482. The van der Waals surface area contributed by atoms with Gasteiger partial charge in [0.2, 0.25) is 0 Å². The Labute approximate surface area is 62.0 Å². The van der Waals surface area contributed by atoms with E-state index in [0.717, 1.165) is 13.0 Å². The van der Waals surface area contributed by atoms with Crippen LogP contribution in [0.4, 0.5) is 0 Å². The summed E-state index contributed by atoms with van der Waals surface area (Å²) in [6, 6.07) is 0. The molecule has 0 aliphatic carbocycles. The third-order valence-corrected chi connectivity index (χ3v) is 0.948. The molecule has 3 nitrogen and oxygen atoms in total. The number of hydrogen-bond donors (Lipinski definition) is 0. The van der Waals surface area contributed by atoms with Gasteiger partial charge in [-0.3, -0.25) is 0 Å². The van der Waals surface area contributed by atoms with Crippen LogP contribution in [0.2, 0.25) is 0 Å². The molecule has 0 bridgehead atoms. The van der Waals surface area contributed by atoms with E-state index in [1.807, 2.05) is 6.92 Å². The van der Waals surface area contributed by atoms with Crippen molar-refractivity contribution in [2.45, 2.75) is 19.8 Å². The van der Waals surface area contributed by atoms with Crippen molar-refractivity contribution < 1.29 is 14.6 Å². The van der Waals surface area contributed by atoms with E-state index < -0.39 is 0 Å². The third kappa shape index (κ3) is 7.88. The lowest BCUT2D eigenvalue weighted by Crippen LogP contribution is -2.02. The van der Waals surface area contributed by atoms with Gasteiger partial charge >= 0.3 is 0 Å². The van der Waals surface area contributed by atoms with Gasteiger partial charge in [-0.25, -0.2) is 5.11 Å². The van der Waals surface area contributed by atoms with Crippen molar-refractivity contribution in [3.8, 4) is 0 Å². The molecule has 0 aliphatic rings. The molecule has 0 amide bonds. The van der Waals surface area contributed by atoms with E-state index in [4.69, 9.17) is 9.47 Å². The summed E-state index contributed by atoms with van der Waals surface area (Å²) < 4.78 is 9.96. The summed E-state index contributed by atoms with van der Waals surface area (Å²) in [7, 11) is 0. The number of rotatable bonds is 7. The van der Waals surface area contributed by atoms with Crippen LogP contribution in [-0.2, 0) is 14.6 Å². The zero-order valence-electron chi connectivity index (χ0n) is 6.47. The van der Waals surface area contributed by atoms with Crippen LogP contribution in [0.5, 0.6) is 0 Å². The molecule has 1 radical (unpaired) electrons. The molecule has 0 aromatic rings. The highest BCUT2D eigenvalue weighted by Crippen LogP contribution is 1.84. The number of ether oxygens (including phenoxy) is 2. The van der Waals surface area contributed by atoms with Gasteiger partial charge < -0.3 is 9.47 Å². The quantitative estimate of drug-likeness (QED) is 0.401. The van der Waals surface area contributed by atoms with Gasteiger partial charge in [0.15, 0.2) is 0 Å². The Balaban J connectivity index is 2.65. The molecule has 0 fully saturated rings. The van der Waals surface area contributed by atoms with Gasteiger partial charge in [-0.15, -0.1) is 0 Å². The average Bonchev–Trinajstić information content (AvgIpc) is 1.97. The summed E-state index contributed by atoms with van der Waals surface area (Å²) in [5.74, 6) is 0. The minimum Gasteiger partial charge on any atom is -0.355 e. The average molecular weight is 147 g/mol. The smallest absolute Gasteiger partial charge is 0.146 e. The monoisotopic (exact) mass is 147 g/mol. The van der Waals surface area contributed by atoms with Crippen LogP contribution in [0.3, 0.4) is 0 Å². The summed E-state index contributed by atoms with van der Waals surface area (Å²) in [6.07, 6.45) is 1.58. The zero-order chi connectivity index (χ0) is 7.66. The Kier molecular flexibility index (Phi) is 8.77. The van der Waals surface area contributed by atoms with Crippen molar-refractivity contribution in [1.82, 2.24) is 0 Å². The van der Waals surface area contributed by atoms with Gasteiger partial charge in [-0.05, 0) is 12.8 Å². The second kappa shape index (κ2) is 8.88. The van der Waals surface area contributed by atoms with Crippen LogP contribution < -0.4 is 0 Å². The SMILES string of the molecule is CCCOCOCCC[O]. The summed E-state index contributed by atoms with van der Waals surface area (Å²) in [5, 5.41) is 9.90. The van der Waals surface area contributed by atoms with Gasteiger partial charge in [0.1, 0.15) is 6.79 Å². The molecular weight excluding hydrogens is 132 g/mol. The summed E-state index contributed by atoms with van der Waals surface area (Å²) in [5.41, 5.74) is 0. The normalized spacial score (nSPS) is 10.2. The Hall–Kier alpha value is -0.120. The molecule has 0 heterocycles. The Morgan fingerprint density at radius 3 is 2.50 bits per heavy atom. The summed E-state index contributed by atoms with van der Waals surface area (Å²) in [6.45, 7) is 3.56. The van der Waals surface area contributed by atoms with Gasteiger partial charge in [-0.1, -0.05) is 6.92 Å². The van der Waals surface area contributed by atoms with Crippen LogP contribution in [0.1, 0.15) is 19.8 Å². The molecule has 0 atom stereocenters. The van der Waals surface area contributed by atoms with Crippen LogP contribution in [0, 0.1) is 0 Å². The first kappa shape index (κ1) is 9.88. The Morgan fingerprint density at radius 2 is 1.90 bits per heavy atom. The topological polar surface area (TPSA) is 38.4 Å². The molecule has 0 N–H and O–H groups in total. The number of hydrogen-bond acceptors (Lipinski definition) is 2. The molecule has 0 saturated heterocycles. The first-order valence-electron chi connectivity index (χ1n) is 3.65. The molecule has 10 heavy (non-hydrogen) atoms. The molecule has 0 saturated carbocycles. The van der Waals surface area contributed by atoms with Gasteiger partial charge in [0, 0.05) is 6.61 Å². The highest BCUT2D eigenvalue weighted by Gasteiger charge is 1.86. The predicted molar refractivity (Wildman–Crippen MR) is 37.2 cm³/mol. The van der Waals surface area contributed by atoms with Crippen molar-refractivity contribution in [2.24, 2.45) is 0 Å². The first-order valence-corrected chi connectivity index (χ1v) is 3.65. The van der Waals surface area contributed by atoms with Crippen molar-refractivity contribution in [1.29, 1.82) is 0 Å². The maximum absolute atomic E-state index is 9.90. The molecule has 0 aliphatic heterocycles. The van der Waals surface area contributed by atoms with Crippen molar-refractivity contribution in [2.75, 3.05) is 26.6 Å². The predicted octanol–water partition coefficient (Wildman–Crippen LogP) is 1.21. The lowest BCUT2D eigenvalue weighted by molar-refractivity contribution is -0.0575. The highest BCUT2D eigenvalue weighted by atomic mass is 16.7. The minimum absolute atomic E-state index is 0.0617. The van der Waals surface area contributed by atoms with E-state index in [1.165, 1.54) is 0 Å². The molecule has 0 spiro atoms. The van der Waals surface area contributed by atoms with Crippen LogP contribution >= 0.6 is 0 Å². The second-order valence-corrected chi connectivity index (χ2v) is 1.99. The van der Waals surface area contributed by atoms with E-state index in [2.05, 4.69) is 0 Å². The van der Waals surface area contributed by atoms with Crippen LogP contribution in [0.15, 0.2) is 0 Å². The lowest BCUT2D eigenvalue weighted by Gasteiger charge is -2.02. The van der Waals surface area contributed by atoms with Gasteiger partial charge in [0.05, 0.1) is 13.2 Å². The Morgan fingerprint density at radius 1 is 1.20 bits per heavy atom. The van der Waals surface area contributed by atoms with Crippen LogP contribution in [0.25, 0.3) is 0 Å². The molecule has 0 aromatic carbocycles. The molecule has 61 valence electrons. The largest absolute Gasteiger partial charge is 0.355 e. The standard InChI is InChI=1S/C7H15O3/c1-2-5-9-7-10-6-3-4-8/h2-7H2,1H3. The van der Waals surface area contributed by atoms with Crippen molar-refractivity contribution >= 4 is 0 Å². The van der Waals surface area contributed by atoms with E-state index in [-0.39, 0.29) is 6.61 Å². The highest BCUT2D eigenvalue weighted by molar-refractivity contribution is 4.27. The van der Waals surface area contributed by atoms with E-state index in [9.17, 15) is 5.11 Å². The lowest BCUT2D eigenvalue weighted by atomic mass is 10.5. The fourth-order valence-electron chi connectivity index (χ4n) is 0.482. The second-order valence-electron chi connectivity index (χ2n) is 1.99. The Bertz CT molecular complexity index is 48.8. The van der Waals surface area contributed by atoms with Gasteiger partial charge in [-0.2, -0.15) is 0 Å². The maximum atomic E-state index is 9.90. The van der Waals surface area contributed by atoms with Crippen molar-refractivity contribution in [3.63, 3.8) is 0 Å². The van der Waals surface area contributed by atoms with E-state index >= 15 is 0 Å². The summed E-state index contributed by atoms with van der Waals surface area (Å²) in [4.78, 5) is 0. The van der Waals surface area contributed by atoms with Crippen molar-refractivity contribution in [3.05, 3.63) is 0 Å². The van der Waals surface area contributed by atoms with Gasteiger partial charge in [0.25, 0.3) is 0 Å². The molecule has 0 rings (SSSR count). The maximum Gasteiger partial charge on any atom is 0.146 e. The molecular formula is C7H15O3. The first-order chi connectivity index (χ1) is 4.91. The fraction of sp³-hybridized carbons (Fsp3) is 1.00. The molecule has 0 aromatic heterocycles. The van der Waals surface area contributed by atoms with Crippen LogP contribution in [-0.4, -0.2) is 26.6 Å². The molecule has 3 heteroatoms. The summed E-state index contributed by atoms with van der Waals surface area (Å²) >= 11 is 0.